The first-order valence-corrected chi connectivity index (χ1v) is 6.29. The summed E-state index contributed by atoms with van der Waals surface area (Å²) < 4.78 is 2.28. The number of hydrogen-bond acceptors (Lipinski definition) is 3. The van der Waals surface area contributed by atoms with Gasteiger partial charge in [0.05, 0.1) is 17.4 Å². The SMILES string of the molecule is CCN1CC(n2nc(C)c3c2CNCC3)C1. The Morgan fingerprint density at radius 3 is 3.00 bits per heavy atom. The molecular formula is C12H20N4. The van der Waals surface area contributed by atoms with Crippen LogP contribution in [0, 0.1) is 6.92 Å². The van der Waals surface area contributed by atoms with E-state index >= 15 is 0 Å². The second-order valence-corrected chi connectivity index (χ2v) is 4.89. The summed E-state index contributed by atoms with van der Waals surface area (Å²) in [7, 11) is 0. The minimum absolute atomic E-state index is 0.613. The van der Waals surface area contributed by atoms with Gasteiger partial charge >= 0.3 is 0 Å². The maximum Gasteiger partial charge on any atom is 0.0776 e. The van der Waals surface area contributed by atoms with Gasteiger partial charge < -0.3 is 5.32 Å². The van der Waals surface area contributed by atoms with E-state index in [1.165, 1.54) is 30.0 Å². The van der Waals surface area contributed by atoms with Crippen molar-refractivity contribution in [3.05, 3.63) is 17.0 Å². The lowest BCUT2D eigenvalue weighted by atomic mass is 10.0. The van der Waals surface area contributed by atoms with Gasteiger partial charge in [0.2, 0.25) is 0 Å². The van der Waals surface area contributed by atoms with Crippen LogP contribution in [0.15, 0.2) is 0 Å². The van der Waals surface area contributed by atoms with Crippen molar-refractivity contribution in [1.82, 2.24) is 20.0 Å². The molecule has 2 aliphatic heterocycles. The van der Waals surface area contributed by atoms with Crippen LogP contribution < -0.4 is 5.32 Å². The lowest BCUT2D eigenvalue weighted by Crippen LogP contribution is -2.48. The van der Waals surface area contributed by atoms with Crippen molar-refractivity contribution in [1.29, 1.82) is 0 Å². The molecule has 0 amide bonds. The summed E-state index contributed by atoms with van der Waals surface area (Å²) in [5.74, 6) is 0. The van der Waals surface area contributed by atoms with E-state index in [1.54, 1.807) is 0 Å². The van der Waals surface area contributed by atoms with E-state index in [1.807, 2.05) is 0 Å². The molecule has 0 unspecified atom stereocenters. The fraction of sp³-hybridized carbons (Fsp3) is 0.750. The van der Waals surface area contributed by atoms with E-state index in [-0.39, 0.29) is 0 Å². The fourth-order valence-electron chi connectivity index (χ4n) is 2.82. The molecule has 4 nitrogen and oxygen atoms in total. The highest BCUT2D eigenvalue weighted by Crippen LogP contribution is 2.26. The number of aromatic nitrogens is 2. The van der Waals surface area contributed by atoms with Gasteiger partial charge in [0.15, 0.2) is 0 Å². The van der Waals surface area contributed by atoms with E-state index in [4.69, 9.17) is 5.10 Å². The smallest absolute Gasteiger partial charge is 0.0776 e. The molecule has 0 spiro atoms. The number of aryl methyl sites for hydroxylation is 1. The summed E-state index contributed by atoms with van der Waals surface area (Å²) >= 11 is 0. The third-order valence-electron chi connectivity index (χ3n) is 3.89. The molecule has 0 bridgehead atoms. The minimum atomic E-state index is 0.613. The van der Waals surface area contributed by atoms with Gasteiger partial charge in [-0.1, -0.05) is 6.92 Å². The van der Waals surface area contributed by atoms with E-state index < -0.39 is 0 Å². The summed E-state index contributed by atoms with van der Waals surface area (Å²) in [6.07, 6.45) is 1.14. The Labute approximate surface area is 96.6 Å². The zero-order valence-electron chi connectivity index (χ0n) is 10.2. The Balaban J connectivity index is 1.85. The number of hydrogen-bond donors (Lipinski definition) is 1. The molecular weight excluding hydrogens is 200 g/mol. The van der Waals surface area contributed by atoms with Crippen molar-refractivity contribution in [3.8, 4) is 0 Å². The Morgan fingerprint density at radius 1 is 1.44 bits per heavy atom. The van der Waals surface area contributed by atoms with E-state index in [2.05, 4.69) is 28.7 Å². The predicted molar refractivity (Wildman–Crippen MR) is 63.5 cm³/mol. The van der Waals surface area contributed by atoms with Gasteiger partial charge in [0.1, 0.15) is 0 Å². The highest BCUT2D eigenvalue weighted by molar-refractivity contribution is 5.28. The molecule has 88 valence electrons. The second kappa shape index (κ2) is 3.86. The molecule has 0 aromatic carbocycles. The quantitative estimate of drug-likeness (QED) is 0.797. The number of fused-ring (bicyclic) bond motifs is 1. The molecule has 1 aromatic heterocycles. The molecule has 4 heteroatoms. The van der Waals surface area contributed by atoms with Gasteiger partial charge in [-0.3, -0.25) is 9.58 Å². The van der Waals surface area contributed by atoms with E-state index in [9.17, 15) is 0 Å². The van der Waals surface area contributed by atoms with Crippen molar-refractivity contribution in [3.63, 3.8) is 0 Å². The highest BCUT2D eigenvalue weighted by Gasteiger charge is 2.31. The van der Waals surface area contributed by atoms with Gasteiger partial charge in [-0.2, -0.15) is 5.10 Å². The van der Waals surface area contributed by atoms with Gasteiger partial charge in [0, 0.05) is 19.6 Å². The van der Waals surface area contributed by atoms with Crippen LogP contribution in [-0.4, -0.2) is 40.9 Å². The van der Waals surface area contributed by atoms with E-state index in [0.717, 1.165) is 26.1 Å². The van der Waals surface area contributed by atoms with Crippen LogP contribution in [0.2, 0.25) is 0 Å². The lowest BCUT2D eigenvalue weighted by Gasteiger charge is -2.39. The first kappa shape index (κ1) is 10.3. The van der Waals surface area contributed by atoms with Crippen LogP contribution in [0.25, 0.3) is 0 Å². The molecule has 1 N–H and O–H groups in total. The van der Waals surface area contributed by atoms with Crippen molar-refractivity contribution in [2.45, 2.75) is 32.9 Å². The third kappa shape index (κ3) is 1.48. The van der Waals surface area contributed by atoms with Crippen LogP contribution in [-0.2, 0) is 13.0 Å². The molecule has 2 aliphatic rings. The zero-order chi connectivity index (χ0) is 11.1. The Kier molecular flexibility index (Phi) is 2.48. The lowest BCUT2D eigenvalue weighted by molar-refractivity contribution is 0.102. The summed E-state index contributed by atoms with van der Waals surface area (Å²) in [5, 5.41) is 8.18. The third-order valence-corrected chi connectivity index (χ3v) is 3.89. The molecule has 0 atom stereocenters. The molecule has 0 saturated carbocycles. The summed E-state index contributed by atoms with van der Waals surface area (Å²) in [6, 6.07) is 0.613. The van der Waals surface area contributed by atoms with Crippen LogP contribution in [0.1, 0.15) is 29.9 Å². The molecule has 1 fully saturated rings. The molecule has 3 heterocycles. The highest BCUT2D eigenvalue weighted by atomic mass is 15.4. The molecule has 1 saturated heterocycles. The summed E-state index contributed by atoms with van der Waals surface area (Å²) in [5.41, 5.74) is 4.17. The number of rotatable bonds is 2. The summed E-state index contributed by atoms with van der Waals surface area (Å²) in [4.78, 5) is 2.46. The molecule has 16 heavy (non-hydrogen) atoms. The maximum absolute atomic E-state index is 4.73. The van der Waals surface area contributed by atoms with Crippen molar-refractivity contribution >= 4 is 0 Å². The Bertz CT molecular complexity index is 390. The van der Waals surface area contributed by atoms with Gasteiger partial charge in [-0.25, -0.2) is 0 Å². The van der Waals surface area contributed by atoms with Gasteiger partial charge in [-0.05, 0) is 32.0 Å². The van der Waals surface area contributed by atoms with Crippen LogP contribution in [0.4, 0.5) is 0 Å². The van der Waals surface area contributed by atoms with E-state index in [0.29, 0.717) is 6.04 Å². The molecule has 0 aliphatic carbocycles. The van der Waals surface area contributed by atoms with Gasteiger partial charge in [0.25, 0.3) is 0 Å². The minimum Gasteiger partial charge on any atom is -0.311 e. The Hall–Kier alpha value is -0.870. The summed E-state index contributed by atoms with van der Waals surface area (Å²) in [6.45, 7) is 9.98. The normalized spacial score (nSPS) is 21.9. The van der Waals surface area contributed by atoms with Gasteiger partial charge in [-0.15, -0.1) is 0 Å². The molecule has 1 aromatic rings. The monoisotopic (exact) mass is 220 g/mol. The number of likely N-dealkylation sites (N-methyl/N-ethyl adjacent to an activating group) is 1. The first-order chi connectivity index (χ1) is 7.79. The predicted octanol–water partition coefficient (Wildman–Crippen LogP) is 0.714. The van der Waals surface area contributed by atoms with Crippen molar-refractivity contribution < 1.29 is 0 Å². The average molecular weight is 220 g/mol. The van der Waals surface area contributed by atoms with Crippen LogP contribution in [0.3, 0.4) is 0 Å². The fourth-order valence-corrected chi connectivity index (χ4v) is 2.82. The van der Waals surface area contributed by atoms with Crippen LogP contribution in [0.5, 0.6) is 0 Å². The van der Waals surface area contributed by atoms with Crippen molar-refractivity contribution in [2.75, 3.05) is 26.2 Å². The second-order valence-electron chi connectivity index (χ2n) is 4.89. The van der Waals surface area contributed by atoms with Crippen LogP contribution >= 0.6 is 0 Å². The Morgan fingerprint density at radius 2 is 2.25 bits per heavy atom. The standard InChI is InChI=1S/C12H20N4/c1-3-15-7-10(8-15)16-12-6-13-5-4-11(12)9(2)14-16/h10,13H,3-8H2,1-2H3. The number of nitrogens with zero attached hydrogens (tertiary/aromatic N) is 3. The molecule has 0 radical (unpaired) electrons. The largest absolute Gasteiger partial charge is 0.311 e. The number of likely N-dealkylation sites (tertiary alicyclic amines) is 1. The maximum atomic E-state index is 4.73. The average Bonchev–Trinajstić information content (AvgIpc) is 2.56. The molecule has 3 rings (SSSR count). The zero-order valence-corrected chi connectivity index (χ0v) is 10.2. The number of nitrogens with one attached hydrogen (secondary N) is 1. The first-order valence-electron chi connectivity index (χ1n) is 6.29. The van der Waals surface area contributed by atoms with Crippen molar-refractivity contribution in [2.24, 2.45) is 0 Å². The topological polar surface area (TPSA) is 33.1 Å².